The number of carbonyl (C=O) groups is 2. The van der Waals surface area contributed by atoms with Crippen LogP contribution in [0.3, 0.4) is 0 Å². The van der Waals surface area contributed by atoms with Crippen molar-refractivity contribution in [1.29, 1.82) is 0 Å². The van der Waals surface area contributed by atoms with E-state index in [1.165, 1.54) is 0 Å². The summed E-state index contributed by atoms with van der Waals surface area (Å²) in [6, 6.07) is 17.1. The van der Waals surface area contributed by atoms with Crippen molar-refractivity contribution >= 4 is 17.6 Å². The first-order chi connectivity index (χ1) is 21.8. The molecule has 1 fully saturated rings. The molecular weight excluding hydrogens is 570 g/mol. The minimum absolute atomic E-state index is 0.0212. The van der Waals surface area contributed by atoms with Gasteiger partial charge in [-0.25, -0.2) is 9.97 Å². The quantitative estimate of drug-likeness (QED) is 0.257. The van der Waals surface area contributed by atoms with Crippen molar-refractivity contribution in [3.8, 4) is 17.4 Å². The summed E-state index contributed by atoms with van der Waals surface area (Å²) >= 11 is 0. The second-order valence-electron chi connectivity index (χ2n) is 11.4. The second-order valence-corrected chi connectivity index (χ2v) is 11.4. The summed E-state index contributed by atoms with van der Waals surface area (Å²) in [7, 11) is 3.26. The molecule has 11 nitrogen and oxygen atoms in total. The van der Waals surface area contributed by atoms with Crippen molar-refractivity contribution in [2.75, 3.05) is 45.3 Å². The summed E-state index contributed by atoms with van der Waals surface area (Å²) in [5, 5.41) is 3.08. The van der Waals surface area contributed by atoms with E-state index in [0.29, 0.717) is 38.5 Å². The number of rotatable bonds is 12. The van der Waals surface area contributed by atoms with Gasteiger partial charge in [-0.15, -0.1) is 0 Å². The zero-order valence-corrected chi connectivity index (χ0v) is 26.3. The number of carbonyl (C=O) groups excluding carboxylic acids is 2. The van der Waals surface area contributed by atoms with E-state index in [4.69, 9.17) is 19.4 Å². The van der Waals surface area contributed by atoms with Gasteiger partial charge in [0.05, 0.1) is 32.4 Å². The summed E-state index contributed by atoms with van der Waals surface area (Å²) in [6.07, 6.45) is 6.35. The molecule has 5 rings (SSSR count). The molecule has 236 valence electrons. The molecule has 1 N–H and O–H groups in total. The fourth-order valence-electron chi connectivity index (χ4n) is 5.42. The molecule has 3 heterocycles. The third kappa shape index (κ3) is 8.17. The van der Waals surface area contributed by atoms with Crippen molar-refractivity contribution in [3.05, 3.63) is 90.1 Å². The third-order valence-electron chi connectivity index (χ3n) is 7.98. The van der Waals surface area contributed by atoms with Crippen LogP contribution >= 0.6 is 0 Å². The molecule has 1 aliphatic rings. The molecule has 0 radical (unpaired) electrons. The largest absolute Gasteiger partial charge is 0.497 e. The number of aromatic nitrogens is 4. The van der Waals surface area contributed by atoms with Crippen LogP contribution in [0.2, 0.25) is 0 Å². The van der Waals surface area contributed by atoms with Crippen LogP contribution in [-0.4, -0.2) is 82.7 Å². The van der Waals surface area contributed by atoms with Gasteiger partial charge in [-0.1, -0.05) is 38.1 Å². The summed E-state index contributed by atoms with van der Waals surface area (Å²) in [5.41, 5.74) is 2.89. The smallest absolute Gasteiger partial charge is 0.237 e. The van der Waals surface area contributed by atoms with Crippen LogP contribution in [0.15, 0.2) is 73.3 Å². The number of ether oxygens (including phenoxy) is 2. The van der Waals surface area contributed by atoms with Crippen molar-refractivity contribution in [1.82, 2.24) is 29.7 Å². The third-order valence-corrected chi connectivity index (χ3v) is 7.98. The Kier molecular flexibility index (Phi) is 10.3. The van der Waals surface area contributed by atoms with Gasteiger partial charge in [0.15, 0.2) is 0 Å². The van der Waals surface area contributed by atoms with E-state index in [9.17, 15) is 9.59 Å². The van der Waals surface area contributed by atoms with Crippen LogP contribution in [0.5, 0.6) is 11.5 Å². The highest BCUT2D eigenvalue weighted by Crippen LogP contribution is 2.26. The van der Waals surface area contributed by atoms with Gasteiger partial charge >= 0.3 is 0 Å². The number of nitrogens with one attached hydrogen (secondary N) is 1. The van der Waals surface area contributed by atoms with Crippen LogP contribution in [0, 0.1) is 0 Å². The van der Waals surface area contributed by atoms with Gasteiger partial charge in [0.1, 0.15) is 23.6 Å². The predicted molar refractivity (Wildman–Crippen MR) is 172 cm³/mol. The van der Waals surface area contributed by atoms with E-state index in [1.54, 1.807) is 31.3 Å². The van der Waals surface area contributed by atoms with E-state index in [0.717, 1.165) is 34.1 Å². The maximum atomic E-state index is 13.5. The molecule has 0 saturated carbocycles. The number of benzene rings is 2. The minimum atomic E-state index is -0.277. The van der Waals surface area contributed by atoms with Crippen LogP contribution in [0.25, 0.3) is 5.95 Å². The molecule has 2 amide bonds. The Labute approximate surface area is 264 Å². The first kappa shape index (κ1) is 31.5. The number of imidazole rings is 1. The van der Waals surface area contributed by atoms with Crippen LogP contribution < -0.4 is 19.7 Å². The Morgan fingerprint density at radius 3 is 2.49 bits per heavy atom. The topological polar surface area (TPSA) is 115 Å². The molecule has 0 aliphatic carbocycles. The molecule has 1 unspecified atom stereocenters. The number of hydrogen-bond acceptors (Lipinski definition) is 8. The Hall–Kier alpha value is -4.93. The summed E-state index contributed by atoms with van der Waals surface area (Å²) in [5.74, 6) is 2.90. The van der Waals surface area contributed by atoms with Gasteiger partial charge in [-0.3, -0.25) is 14.2 Å². The number of nitrogens with zero attached hydrogens (tertiary/aromatic N) is 6. The number of anilines is 1. The van der Waals surface area contributed by atoms with Gasteiger partial charge < -0.3 is 24.6 Å². The Morgan fingerprint density at radius 2 is 1.78 bits per heavy atom. The Balaban J connectivity index is 1.34. The standard InChI is InChI=1S/C34H41N7O4/c1-24(2)30-21-31(38-34(37-30)40-15-14-35-23-40)41-17-16-39(33(43)19-26-8-10-28(44-3)11-9-26)22-27(41)20-32(42)36-13-12-25-6-5-7-29(18-25)45-4/h5-11,14-15,18,21,23-24,27H,12-13,16-17,19-20,22H2,1-4H3,(H,36,42). The molecule has 1 atom stereocenters. The van der Waals surface area contributed by atoms with Crippen LogP contribution in [0.4, 0.5) is 5.82 Å². The number of piperazine rings is 1. The lowest BCUT2D eigenvalue weighted by atomic mass is 10.0. The summed E-state index contributed by atoms with van der Waals surface area (Å²) in [6.45, 7) is 6.13. The molecule has 1 saturated heterocycles. The second kappa shape index (κ2) is 14.7. The molecule has 11 heteroatoms. The molecule has 4 aromatic rings. The SMILES string of the molecule is COc1ccc(CC(=O)N2CCN(c3cc(C(C)C)nc(-n4ccnc4)n3)C(CC(=O)NCCc3cccc(OC)c3)C2)cc1. The summed E-state index contributed by atoms with van der Waals surface area (Å²) < 4.78 is 12.4. The zero-order chi connectivity index (χ0) is 31.8. The fraction of sp³-hybridized carbons (Fsp3) is 0.382. The lowest BCUT2D eigenvalue weighted by molar-refractivity contribution is -0.132. The van der Waals surface area contributed by atoms with E-state index in [1.807, 2.05) is 65.7 Å². The lowest BCUT2D eigenvalue weighted by Gasteiger charge is -2.42. The fourth-order valence-corrected chi connectivity index (χ4v) is 5.42. The zero-order valence-electron chi connectivity index (χ0n) is 26.3. The average Bonchev–Trinajstić information content (AvgIpc) is 3.60. The van der Waals surface area contributed by atoms with E-state index in [-0.39, 0.29) is 36.6 Å². The normalized spacial score (nSPS) is 14.8. The molecule has 1 aliphatic heterocycles. The highest BCUT2D eigenvalue weighted by Gasteiger charge is 2.32. The van der Waals surface area contributed by atoms with Gasteiger partial charge in [-0.05, 0) is 47.7 Å². The Bertz CT molecular complexity index is 1570. The first-order valence-corrected chi connectivity index (χ1v) is 15.3. The summed E-state index contributed by atoms with van der Waals surface area (Å²) in [4.78, 5) is 44.6. The van der Waals surface area contributed by atoms with Gasteiger partial charge in [0.25, 0.3) is 0 Å². The molecule has 0 bridgehead atoms. The average molecular weight is 612 g/mol. The van der Waals surface area contributed by atoms with E-state index in [2.05, 4.69) is 29.0 Å². The van der Waals surface area contributed by atoms with Crippen molar-refractivity contribution in [2.45, 2.75) is 45.1 Å². The highest BCUT2D eigenvalue weighted by atomic mass is 16.5. The van der Waals surface area contributed by atoms with E-state index < -0.39 is 0 Å². The number of amides is 2. The van der Waals surface area contributed by atoms with Crippen LogP contribution in [0.1, 0.15) is 43.0 Å². The molecule has 45 heavy (non-hydrogen) atoms. The highest BCUT2D eigenvalue weighted by molar-refractivity contribution is 5.80. The molecular formula is C34H41N7O4. The van der Waals surface area contributed by atoms with Gasteiger partial charge in [0.2, 0.25) is 17.8 Å². The van der Waals surface area contributed by atoms with Gasteiger partial charge in [0, 0.05) is 51.1 Å². The maximum absolute atomic E-state index is 13.5. The minimum Gasteiger partial charge on any atom is -0.497 e. The number of methoxy groups -OCH3 is 2. The van der Waals surface area contributed by atoms with Crippen LogP contribution in [-0.2, 0) is 22.4 Å². The predicted octanol–water partition coefficient (Wildman–Crippen LogP) is 3.81. The number of hydrogen-bond donors (Lipinski definition) is 1. The maximum Gasteiger partial charge on any atom is 0.237 e. The molecule has 0 spiro atoms. The molecule has 2 aromatic carbocycles. The van der Waals surface area contributed by atoms with Crippen molar-refractivity contribution in [3.63, 3.8) is 0 Å². The van der Waals surface area contributed by atoms with E-state index >= 15 is 0 Å². The first-order valence-electron chi connectivity index (χ1n) is 15.3. The van der Waals surface area contributed by atoms with Gasteiger partial charge in [-0.2, -0.15) is 4.98 Å². The Morgan fingerprint density at radius 1 is 0.978 bits per heavy atom. The molecule has 2 aromatic heterocycles. The van der Waals surface area contributed by atoms with Crippen molar-refractivity contribution in [2.24, 2.45) is 0 Å². The van der Waals surface area contributed by atoms with Crippen molar-refractivity contribution < 1.29 is 19.1 Å². The lowest BCUT2D eigenvalue weighted by Crippen LogP contribution is -2.56. The monoisotopic (exact) mass is 611 g/mol.